The van der Waals surface area contributed by atoms with Crippen LogP contribution in [0.15, 0.2) is 65.7 Å². The molecule has 0 aliphatic heterocycles. The number of sulfone groups is 1. The van der Waals surface area contributed by atoms with Gasteiger partial charge in [-0.15, -0.1) is 0 Å². The summed E-state index contributed by atoms with van der Waals surface area (Å²) in [6.07, 6.45) is 3.21. The van der Waals surface area contributed by atoms with Gasteiger partial charge in [0.25, 0.3) is 0 Å². The molecule has 2 aromatic heterocycles. The Hall–Kier alpha value is -2.60. The summed E-state index contributed by atoms with van der Waals surface area (Å²) in [4.78, 5) is 4.90. The minimum Gasteiger partial charge on any atom is -0.364 e. The Labute approximate surface area is 141 Å². The Morgan fingerprint density at radius 1 is 1.04 bits per heavy atom. The van der Waals surface area contributed by atoms with Crippen molar-refractivity contribution < 1.29 is 8.42 Å². The van der Waals surface area contributed by atoms with E-state index in [4.69, 9.17) is 0 Å². The molecule has 0 radical (unpaired) electrons. The normalized spacial score (nSPS) is 11.4. The van der Waals surface area contributed by atoms with Crippen molar-refractivity contribution >= 4 is 15.7 Å². The van der Waals surface area contributed by atoms with Gasteiger partial charge in [0.05, 0.1) is 17.1 Å². The van der Waals surface area contributed by atoms with Crippen molar-refractivity contribution in [2.24, 2.45) is 7.05 Å². The molecule has 0 bridgehead atoms. The molecule has 0 aliphatic carbocycles. The van der Waals surface area contributed by atoms with E-state index in [0.717, 1.165) is 17.1 Å². The maximum absolute atomic E-state index is 11.5. The largest absolute Gasteiger partial charge is 0.364 e. The third kappa shape index (κ3) is 3.65. The minimum atomic E-state index is -3.18. The molecule has 0 atom stereocenters. The van der Waals surface area contributed by atoms with Gasteiger partial charge in [-0.05, 0) is 36.4 Å². The molecule has 0 amide bonds. The summed E-state index contributed by atoms with van der Waals surface area (Å²) in [5.41, 5.74) is 2.84. The van der Waals surface area contributed by atoms with Gasteiger partial charge in [-0.25, -0.2) is 13.4 Å². The minimum absolute atomic E-state index is 0.309. The van der Waals surface area contributed by atoms with Crippen LogP contribution in [-0.4, -0.2) is 24.2 Å². The summed E-state index contributed by atoms with van der Waals surface area (Å²) in [6.45, 7) is 0.687. The summed E-state index contributed by atoms with van der Waals surface area (Å²) in [5.74, 6) is 0.779. The summed E-state index contributed by atoms with van der Waals surface area (Å²) >= 11 is 0. The Kier molecular flexibility index (Phi) is 4.40. The van der Waals surface area contributed by atoms with E-state index in [0.29, 0.717) is 11.4 Å². The van der Waals surface area contributed by atoms with Crippen LogP contribution in [0, 0.1) is 0 Å². The molecule has 2 heterocycles. The number of anilines is 1. The van der Waals surface area contributed by atoms with E-state index < -0.39 is 9.84 Å². The van der Waals surface area contributed by atoms with Gasteiger partial charge in [-0.2, -0.15) is 0 Å². The van der Waals surface area contributed by atoms with E-state index >= 15 is 0 Å². The third-order valence-electron chi connectivity index (χ3n) is 3.83. The Balaban J connectivity index is 1.79. The van der Waals surface area contributed by atoms with Crippen LogP contribution in [0.25, 0.3) is 11.3 Å². The number of nitrogens with one attached hydrogen (secondary N) is 1. The fraction of sp³-hybridized carbons (Fsp3) is 0.167. The summed E-state index contributed by atoms with van der Waals surface area (Å²) in [6, 6.07) is 16.6. The second-order valence-electron chi connectivity index (χ2n) is 5.67. The third-order valence-corrected chi connectivity index (χ3v) is 4.96. The van der Waals surface area contributed by atoms with Gasteiger partial charge < -0.3 is 9.88 Å². The topological polar surface area (TPSA) is 64.0 Å². The number of pyridine rings is 1. The number of rotatable bonds is 5. The molecule has 0 aliphatic rings. The van der Waals surface area contributed by atoms with E-state index in [2.05, 4.69) is 20.9 Å². The lowest BCUT2D eigenvalue weighted by Gasteiger charge is -2.09. The Bertz CT molecular complexity index is 944. The average molecular weight is 341 g/mol. The molecule has 1 aromatic carbocycles. The van der Waals surface area contributed by atoms with Crippen LogP contribution in [0.1, 0.15) is 5.69 Å². The fourth-order valence-electron chi connectivity index (χ4n) is 2.43. The van der Waals surface area contributed by atoms with Crippen molar-refractivity contribution in [1.82, 2.24) is 9.55 Å². The van der Waals surface area contributed by atoms with E-state index in [9.17, 15) is 8.42 Å². The molecule has 124 valence electrons. The van der Waals surface area contributed by atoms with Crippen LogP contribution in [0.2, 0.25) is 0 Å². The SMILES string of the molecule is Cn1cccc1CNc1cccc(-c2ccc(S(C)(=O)=O)cc2)n1. The molecule has 0 saturated heterocycles. The molecule has 3 rings (SSSR count). The molecule has 0 fully saturated rings. The number of aromatic nitrogens is 2. The van der Waals surface area contributed by atoms with E-state index in [1.54, 1.807) is 24.3 Å². The van der Waals surface area contributed by atoms with Crippen LogP contribution in [0.3, 0.4) is 0 Å². The van der Waals surface area contributed by atoms with Crippen molar-refractivity contribution in [3.63, 3.8) is 0 Å². The number of hydrogen-bond donors (Lipinski definition) is 1. The monoisotopic (exact) mass is 341 g/mol. The van der Waals surface area contributed by atoms with Crippen LogP contribution >= 0.6 is 0 Å². The standard InChI is InChI=1S/C18H19N3O2S/c1-21-12-4-5-15(21)13-19-18-7-3-6-17(20-18)14-8-10-16(11-9-14)24(2,22)23/h3-12H,13H2,1-2H3,(H,19,20). The second-order valence-corrected chi connectivity index (χ2v) is 7.68. The average Bonchev–Trinajstić information content (AvgIpc) is 2.98. The van der Waals surface area contributed by atoms with Gasteiger partial charge in [0.2, 0.25) is 0 Å². The molecule has 0 unspecified atom stereocenters. The maximum Gasteiger partial charge on any atom is 0.175 e. The first-order valence-electron chi connectivity index (χ1n) is 7.55. The highest BCUT2D eigenvalue weighted by Crippen LogP contribution is 2.21. The molecule has 6 heteroatoms. The van der Waals surface area contributed by atoms with Gasteiger partial charge in [0.1, 0.15) is 5.82 Å². The van der Waals surface area contributed by atoms with Crippen molar-refractivity contribution in [2.45, 2.75) is 11.4 Å². The zero-order valence-electron chi connectivity index (χ0n) is 13.6. The predicted octanol–water partition coefficient (Wildman–Crippen LogP) is 3.10. The quantitative estimate of drug-likeness (QED) is 0.774. The number of nitrogens with zero attached hydrogens (tertiary/aromatic N) is 2. The van der Waals surface area contributed by atoms with Crippen LogP contribution in [0.5, 0.6) is 0 Å². The zero-order chi connectivity index (χ0) is 17.2. The van der Waals surface area contributed by atoms with Crippen molar-refractivity contribution in [3.8, 4) is 11.3 Å². The van der Waals surface area contributed by atoms with Gasteiger partial charge in [0, 0.05) is 30.8 Å². The van der Waals surface area contributed by atoms with Gasteiger partial charge in [0.15, 0.2) is 9.84 Å². The van der Waals surface area contributed by atoms with E-state index in [1.807, 2.05) is 37.5 Å². The van der Waals surface area contributed by atoms with E-state index in [1.165, 1.54) is 11.9 Å². The summed E-state index contributed by atoms with van der Waals surface area (Å²) < 4.78 is 25.1. The van der Waals surface area contributed by atoms with E-state index in [-0.39, 0.29) is 0 Å². The number of aryl methyl sites for hydroxylation is 1. The van der Waals surface area contributed by atoms with Crippen molar-refractivity contribution in [2.75, 3.05) is 11.6 Å². The molecule has 24 heavy (non-hydrogen) atoms. The second kappa shape index (κ2) is 6.49. The van der Waals surface area contributed by atoms with Gasteiger partial charge in [-0.3, -0.25) is 0 Å². The molecule has 5 nitrogen and oxygen atoms in total. The number of benzene rings is 1. The molecule has 0 spiro atoms. The molecule has 0 saturated carbocycles. The van der Waals surface area contributed by atoms with Crippen molar-refractivity contribution in [3.05, 3.63) is 66.5 Å². The van der Waals surface area contributed by atoms with Crippen LogP contribution in [-0.2, 0) is 23.4 Å². The highest BCUT2D eigenvalue weighted by atomic mass is 32.2. The lowest BCUT2D eigenvalue weighted by Crippen LogP contribution is -2.05. The van der Waals surface area contributed by atoms with Gasteiger partial charge in [-0.1, -0.05) is 18.2 Å². The molecule has 1 N–H and O–H groups in total. The Morgan fingerprint density at radius 3 is 2.42 bits per heavy atom. The Morgan fingerprint density at radius 2 is 1.79 bits per heavy atom. The van der Waals surface area contributed by atoms with Crippen LogP contribution in [0.4, 0.5) is 5.82 Å². The smallest absolute Gasteiger partial charge is 0.175 e. The maximum atomic E-state index is 11.5. The zero-order valence-corrected chi connectivity index (χ0v) is 14.4. The highest BCUT2D eigenvalue weighted by molar-refractivity contribution is 7.90. The first-order chi connectivity index (χ1) is 11.4. The molecular weight excluding hydrogens is 322 g/mol. The summed E-state index contributed by atoms with van der Waals surface area (Å²) in [7, 11) is -1.18. The first kappa shape index (κ1) is 16.3. The number of hydrogen-bond acceptors (Lipinski definition) is 4. The van der Waals surface area contributed by atoms with Gasteiger partial charge >= 0.3 is 0 Å². The first-order valence-corrected chi connectivity index (χ1v) is 9.44. The fourth-order valence-corrected chi connectivity index (χ4v) is 3.06. The molecular formula is C18H19N3O2S. The summed E-state index contributed by atoms with van der Waals surface area (Å²) in [5, 5.41) is 3.31. The predicted molar refractivity (Wildman–Crippen MR) is 95.5 cm³/mol. The highest BCUT2D eigenvalue weighted by Gasteiger charge is 2.08. The molecule has 3 aromatic rings. The lowest BCUT2D eigenvalue weighted by atomic mass is 10.1. The van der Waals surface area contributed by atoms with Crippen LogP contribution < -0.4 is 5.32 Å². The van der Waals surface area contributed by atoms with Crippen molar-refractivity contribution in [1.29, 1.82) is 0 Å². The lowest BCUT2D eigenvalue weighted by molar-refractivity contribution is 0.602.